The highest BCUT2D eigenvalue weighted by atomic mass is 35.5. The molecule has 0 saturated heterocycles. The smallest absolute Gasteiger partial charge is 0.416 e. The lowest BCUT2D eigenvalue weighted by atomic mass is 10.1. The van der Waals surface area contributed by atoms with Gasteiger partial charge >= 0.3 is 6.18 Å². The van der Waals surface area contributed by atoms with E-state index in [1.807, 2.05) is 0 Å². The van der Waals surface area contributed by atoms with E-state index in [4.69, 9.17) is 29.1 Å². The summed E-state index contributed by atoms with van der Waals surface area (Å²) in [6.45, 7) is -0.356. The second kappa shape index (κ2) is 9.13. The Kier molecular flexibility index (Phi) is 7.11. The van der Waals surface area contributed by atoms with Crippen molar-refractivity contribution in [1.82, 2.24) is 5.32 Å². The van der Waals surface area contributed by atoms with Crippen molar-refractivity contribution in [3.63, 3.8) is 0 Å². The molecule has 0 unspecified atom stereocenters. The summed E-state index contributed by atoms with van der Waals surface area (Å²) in [5.74, 6) is 4.15. The number of nitrogens with two attached hydrogens (primary N) is 1. The minimum atomic E-state index is -4.42. The Balaban J connectivity index is 1.98. The summed E-state index contributed by atoms with van der Waals surface area (Å²) < 4.78 is 37.6. The van der Waals surface area contributed by atoms with Crippen LogP contribution in [-0.4, -0.2) is 23.5 Å². The molecule has 0 fully saturated rings. The number of phenols is 1. The SMILES string of the molecule is NO/C(=N\CC(=O)NCc1ccc(C(F)(F)F)cc1)c1cc(Cl)c(O)c(Cl)c1. The topological polar surface area (TPSA) is 96.9 Å². The fourth-order valence-corrected chi connectivity index (χ4v) is 2.58. The predicted molar refractivity (Wildman–Crippen MR) is 98.1 cm³/mol. The van der Waals surface area contributed by atoms with Gasteiger partial charge in [-0.2, -0.15) is 19.1 Å². The highest BCUT2D eigenvalue weighted by molar-refractivity contribution is 6.37. The number of halogens is 5. The van der Waals surface area contributed by atoms with E-state index < -0.39 is 17.6 Å². The van der Waals surface area contributed by atoms with Gasteiger partial charge in [-0.05, 0) is 29.8 Å². The highest BCUT2D eigenvalue weighted by Crippen LogP contribution is 2.33. The Morgan fingerprint density at radius 3 is 2.25 bits per heavy atom. The molecule has 0 radical (unpaired) electrons. The highest BCUT2D eigenvalue weighted by Gasteiger charge is 2.29. The molecule has 2 rings (SSSR count). The first kappa shape index (κ1) is 21.8. The number of rotatable bonds is 5. The van der Waals surface area contributed by atoms with Crippen LogP contribution in [0.15, 0.2) is 41.4 Å². The zero-order valence-corrected chi connectivity index (χ0v) is 15.6. The molecular formula is C17H14Cl2F3N3O3. The van der Waals surface area contributed by atoms with E-state index in [-0.39, 0.29) is 40.3 Å². The number of hydrogen-bond donors (Lipinski definition) is 3. The molecule has 0 aliphatic carbocycles. The molecule has 0 aliphatic heterocycles. The summed E-state index contributed by atoms with van der Waals surface area (Å²) in [6, 6.07) is 6.99. The van der Waals surface area contributed by atoms with Crippen LogP contribution in [0.2, 0.25) is 10.0 Å². The number of alkyl halides is 3. The van der Waals surface area contributed by atoms with Crippen LogP contribution >= 0.6 is 23.2 Å². The summed E-state index contributed by atoms with van der Waals surface area (Å²) in [4.78, 5) is 20.4. The van der Waals surface area contributed by atoms with E-state index in [9.17, 15) is 23.1 Å². The zero-order valence-electron chi connectivity index (χ0n) is 14.1. The van der Waals surface area contributed by atoms with Gasteiger partial charge in [-0.25, -0.2) is 4.99 Å². The van der Waals surface area contributed by atoms with Crippen LogP contribution in [0.1, 0.15) is 16.7 Å². The van der Waals surface area contributed by atoms with Gasteiger partial charge in [0.05, 0.1) is 15.6 Å². The second-order valence-electron chi connectivity index (χ2n) is 5.50. The normalized spacial score (nSPS) is 12.0. The minimum absolute atomic E-state index is 0.0160. The van der Waals surface area contributed by atoms with Crippen LogP contribution in [0.5, 0.6) is 5.75 Å². The van der Waals surface area contributed by atoms with Gasteiger partial charge in [0, 0.05) is 12.1 Å². The van der Waals surface area contributed by atoms with Crippen molar-refractivity contribution in [2.45, 2.75) is 12.7 Å². The summed E-state index contributed by atoms with van der Waals surface area (Å²) in [5.41, 5.74) is -0.0494. The first-order valence-corrected chi connectivity index (χ1v) is 8.39. The van der Waals surface area contributed by atoms with Gasteiger partial charge in [-0.15, -0.1) is 0 Å². The number of carbonyl (C=O) groups excluding carboxylic acids is 1. The molecule has 0 saturated carbocycles. The largest absolute Gasteiger partial charge is 0.505 e. The standard InChI is InChI=1S/C17H14Cl2F3N3O3/c18-12-5-10(6-13(19)15(12)27)16(28-23)25-8-14(26)24-7-9-1-3-11(4-2-9)17(20,21)22/h1-6,27H,7-8,23H2,(H,24,26)/b25-16-. The molecule has 2 aromatic rings. The summed E-state index contributed by atoms with van der Waals surface area (Å²) in [7, 11) is 0. The molecule has 1 amide bonds. The van der Waals surface area contributed by atoms with Crippen molar-refractivity contribution in [2.24, 2.45) is 10.9 Å². The summed E-state index contributed by atoms with van der Waals surface area (Å²) >= 11 is 11.6. The third-order valence-electron chi connectivity index (χ3n) is 3.51. The van der Waals surface area contributed by atoms with Crippen LogP contribution in [0.25, 0.3) is 0 Å². The van der Waals surface area contributed by atoms with E-state index in [0.29, 0.717) is 5.56 Å². The number of hydrogen-bond acceptors (Lipinski definition) is 5. The number of aromatic hydroxyl groups is 1. The van der Waals surface area contributed by atoms with Crippen LogP contribution < -0.4 is 11.2 Å². The maximum absolute atomic E-state index is 12.5. The van der Waals surface area contributed by atoms with E-state index in [1.165, 1.54) is 24.3 Å². The average molecular weight is 436 g/mol. The Labute approximate surface area is 167 Å². The third kappa shape index (κ3) is 5.75. The maximum Gasteiger partial charge on any atom is 0.416 e. The monoisotopic (exact) mass is 435 g/mol. The van der Waals surface area contributed by atoms with Crippen molar-refractivity contribution in [1.29, 1.82) is 0 Å². The number of aliphatic imine (C=N–C) groups is 1. The van der Waals surface area contributed by atoms with E-state index in [0.717, 1.165) is 12.1 Å². The molecule has 0 bridgehead atoms. The Hall–Kier alpha value is -2.49. The van der Waals surface area contributed by atoms with E-state index in [2.05, 4.69) is 15.1 Å². The summed E-state index contributed by atoms with van der Waals surface area (Å²) in [6.07, 6.45) is -4.42. The number of phenolic OH excluding ortho intramolecular Hbond substituents is 1. The minimum Gasteiger partial charge on any atom is -0.505 e. The lowest BCUT2D eigenvalue weighted by Gasteiger charge is -2.09. The Morgan fingerprint density at radius 1 is 1.18 bits per heavy atom. The maximum atomic E-state index is 12.5. The van der Waals surface area contributed by atoms with Gasteiger partial charge < -0.3 is 15.3 Å². The van der Waals surface area contributed by atoms with Crippen LogP contribution in [0.4, 0.5) is 13.2 Å². The molecule has 0 heterocycles. The fourth-order valence-electron chi connectivity index (χ4n) is 2.10. The lowest BCUT2D eigenvalue weighted by Crippen LogP contribution is -2.26. The number of amides is 1. The van der Waals surface area contributed by atoms with Crippen LogP contribution in [0.3, 0.4) is 0 Å². The number of nitrogens with one attached hydrogen (secondary N) is 1. The van der Waals surface area contributed by atoms with Gasteiger partial charge in [-0.1, -0.05) is 35.3 Å². The van der Waals surface area contributed by atoms with Crippen molar-refractivity contribution in [3.8, 4) is 5.75 Å². The Morgan fingerprint density at radius 2 is 1.75 bits per heavy atom. The van der Waals surface area contributed by atoms with Crippen molar-refractivity contribution < 1.29 is 27.9 Å². The van der Waals surface area contributed by atoms with E-state index in [1.54, 1.807) is 0 Å². The van der Waals surface area contributed by atoms with Gasteiger partial charge in [-0.3, -0.25) is 4.79 Å². The fraction of sp³-hybridized carbons (Fsp3) is 0.176. The molecule has 2 aromatic carbocycles. The first-order chi connectivity index (χ1) is 13.1. The molecule has 0 atom stereocenters. The van der Waals surface area contributed by atoms with Gasteiger partial charge in [0.25, 0.3) is 0 Å². The van der Waals surface area contributed by atoms with E-state index >= 15 is 0 Å². The number of carbonyl (C=O) groups is 1. The lowest BCUT2D eigenvalue weighted by molar-refractivity contribution is -0.137. The molecule has 4 N–H and O–H groups in total. The quantitative estimate of drug-likeness (QED) is 0.379. The zero-order chi connectivity index (χ0) is 20.9. The number of benzene rings is 2. The van der Waals surface area contributed by atoms with Gasteiger partial charge in [0.2, 0.25) is 11.8 Å². The molecule has 0 aliphatic rings. The molecule has 11 heteroatoms. The molecule has 0 aromatic heterocycles. The molecule has 6 nitrogen and oxygen atoms in total. The molecule has 150 valence electrons. The Bertz CT molecular complexity index is 864. The predicted octanol–water partition coefficient (Wildman–Crippen LogP) is 3.67. The molecule has 28 heavy (non-hydrogen) atoms. The average Bonchev–Trinajstić information content (AvgIpc) is 2.64. The van der Waals surface area contributed by atoms with Crippen molar-refractivity contribution in [2.75, 3.05) is 6.54 Å². The van der Waals surface area contributed by atoms with Crippen LogP contribution in [-0.2, 0) is 22.4 Å². The van der Waals surface area contributed by atoms with Gasteiger partial charge in [0.1, 0.15) is 6.54 Å². The summed E-state index contributed by atoms with van der Waals surface area (Å²) in [5, 5.41) is 11.9. The van der Waals surface area contributed by atoms with Crippen molar-refractivity contribution >= 4 is 35.0 Å². The third-order valence-corrected chi connectivity index (χ3v) is 4.09. The van der Waals surface area contributed by atoms with Gasteiger partial charge in [0.15, 0.2) is 5.75 Å². The van der Waals surface area contributed by atoms with Crippen LogP contribution in [0, 0.1) is 0 Å². The molecule has 0 spiro atoms. The second-order valence-corrected chi connectivity index (χ2v) is 6.31. The first-order valence-electron chi connectivity index (χ1n) is 7.64. The van der Waals surface area contributed by atoms with Crippen molar-refractivity contribution in [3.05, 3.63) is 63.1 Å². The molecular weight excluding hydrogens is 422 g/mol. The number of nitrogens with zero attached hydrogens (tertiary/aromatic N) is 1.